The van der Waals surface area contributed by atoms with Crippen molar-refractivity contribution in [3.8, 4) is 12.1 Å². The summed E-state index contributed by atoms with van der Waals surface area (Å²) in [6.45, 7) is 0. The average molecular weight is 267 g/mol. The molecule has 0 spiro atoms. The van der Waals surface area contributed by atoms with E-state index in [0.717, 1.165) is 24.8 Å². The molecule has 0 N–H and O–H groups in total. The van der Waals surface area contributed by atoms with Crippen molar-refractivity contribution in [2.45, 2.75) is 49.8 Å². The SMILES string of the molecule is N#CC(C#N)=C1CCCCCCCC1Br. The molecule has 3 heteroatoms. The number of halogens is 1. The highest BCUT2D eigenvalue weighted by molar-refractivity contribution is 9.09. The zero-order chi connectivity index (χ0) is 11.1. The first-order chi connectivity index (χ1) is 7.29. The molecule has 0 aromatic heterocycles. The van der Waals surface area contributed by atoms with Crippen LogP contribution in [0, 0.1) is 22.7 Å². The minimum atomic E-state index is 0.227. The molecule has 0 radical (unpaired) electrons. The van der Waals surface area contributed by atoms with E-state index >= 15 is 0 Å². The Bertz CT molecular complexity index is 303. The maximum Gasteiger partial charge on any atom is 0.130 e. The van der Waals surface area contributed by atoms with E-state index in [9.17, 15) is 0 Å². The molecule has 0 bridgehead atoms. The molecule has 1 unspecified atom stereocenters. The highest BCUT2D eigenvalue weighted by Crippen LogP contribution is 2.28. The van der Waals surface area contributed by atoms with Gasteiger partial charge in [-0.2, -0.15) is 10.5 Å². The van der Waals surface area contributed by atoms with E-state index in [1.54, 1.807) is 0 Å². The zero-order valence-corrected chi connectivity index (χ0v) is 10.4. The highest BCUT2D eigenvalue weighted by Gasteiger charge is 2.16. The van der Waals surface area contributed by atoms with Gasteiger partial charge in [0.05, 0.1) is 0 Å². The van der Waals surface area contributed by atoms with Gasteiger partial charge in [-0.05, 0) is 24.8 Å². The molecular formula is C12H15BrN2. The smallest absolute Gasteiger partial charge is 0.130 e. The van der Waals surface area contributed by atoms with Crippen LogP contribution in [0.5, 0.6) is 0 Å². The van der Waals surface area contributed by atoms with Crippen LogP contribution in [-0.2, 0) is 0 Å². The summed E-state index contributed by atoms with van der Waals surface area (Å²) in [4.78, 5) is 0.227. The van der Waals surface area contributed by atoms with Crippen LogP contribution in [-0.4, -0.2) is 4.83 Å². The van der Waals surface area contributed by atoms with E-state index in [4.69, 9.17) is 10.5 Å². The number of rotatable bonds is 0. The van der Waals surface area contributed by atoms with Crippen molar-refractivity contribution in [1.82, 2.24) is 0 Å². The van der Waals surface area contributed by atoms with Gasteiger partial charge in [-0.25, -0.2) is 0 Å². The van der Waals surface area contributed by atoms with Gasteiger partial charge >= 0.3 is 0 Å². The fraction of sp³-hybridized carbons (Fsp3) is 0.667. The van der Waals surface area contributed by atoms with Crippen LogP contribution < -0.4 is 0 Å². The van der Waals surface area contributed by atoms with Crippen molar-refractivity contribution in [3.05, 3.63) is 11.1 Å². The standard InChI is InChI=1S/C12H15BrN2/c13-12-7-5-3-1-2-4-6-11(12)10(8-14)9-15/h12H,1-7H2. The molecule has 0 aromatic rings. The molecule has 80 valence electrons. The number of nitriles is 2. The summed E-state index contributed by atoms with van der Waals surface area (Å²) in [6, 6.07) is 4.02. The van der Waals surface area contributed by atoms with Gasteiger partial charge in [0.2, 0.25) is 0 Å². The van der Waals surface area contributed by atoms with Crippen LogP contribution in [0.15, 0.2) is 11.1 Å². The molecule has 0 saturated heterocycles. The lowest BCUT2D eigenvalue weighted by Crippen LogP contribution is -2.04. The summed E-state index contributed by atoms with van der Waals surface area (Å²) in [7, 11) is 0. The molecule has 1 aliphatic carbocycles. The Kier molecular flexibility index (Phi) is 5.43. The minimum absolute atomic E-state index is 0.227. The largest absolute Gasteiger partial charge is 0.192 e. The third-order valence-electron chi connectivity index (χ3n) is 2.83. The molecule has 1 fully saturated rings. The number of nitrogens with zero attached hydrogens (tertiary/aromatic N) is 2. The van der Waals surface area contributed by atoms with Crippen LogP contribution in [0.3, 0.4) is 0 Å². The van der Waals surface area contributed by atoms with Gasteiger partial charge < -0.3 is 0 Å². The third-order valence-corrected chi connectivity index (χ3v) is 3.84. The van der Waals surface area contributed by atoms with Gasteiger partial charge in [0.1, 0.15) is 17.7 Å². The molecule has 1 aliphatic rings. The highest BCUT2D eigenvalue weighted by atomic mass is 79.9. The van der Waals surface area contributed by atoms with Gasteiger partial charge in [-0.15, -0.1) is 0 Å². The minimum Gasteiger partial charge on any atom is -0.192 e. The first-order valence-corrected chi connectivity index (χ1v) is 6.38. The Morgan fingerprint density at radius 1 is 1.07 bits per heavy atom. The van der Waals surface area contributed by atoms with Gasteiger partial charge in [0, 0.05) is 4.83 Å². The summed E-state index contributed by atoms with van der Waals surface area (Å²) in [5.74, 6) is 0. The Hall–Kier alpha value is -0.800. The Labute approximate surface area is 99.7 Å². The summed E-state index contributed by atoms with van der Waals surface area (Å²) in [5.41, 5.74) is 1.33. The van der Waals surface area contributed by atoms with Crippen molar-refractivity contribution < 1.29 is 0 Å². The Morgan fingerprint density at radius 2 is 1.67 bits per heavy atom. The maximum absolute atomic E-state index is 8.88. The van der Waals surface area contributed by atoms with Crippen LogP contribution in [0.25, 0.3) is 0 Å². The first kappa shape index (κ1) is 12.3. The van der Waals surface area contributed by atoms with Crippen LogP contribution in [0.2, 0.25) is 0 Å². The van der Waals surface area contributed by atoms with Crippen LogP contribution >= 0.6 is 15.9 Å². The monoisotopic (exact) mass is 266 g/mol. The van der Waals surface area contributed by atoms with E-state index in [2.05, 4.69) is 15.9 Å². The molecular weight excluding hydrogens is 252 g/mol. The lowest BCUT2D eigenvalue weighted by Gasteiger charge is -2.12. The Balaban J connectivity index is 2.86. The average Bonchev–Trinajstić information content (AvgIpc) is 2.34. The topological polar surface area (TPSA) is 47.6 Å². The van der Waals surface area contributed by atoms with Crippen LogP contribution in [0.1, 0.15) is 44.9 Å². The second kappa shape index (κ2) is 6.64. The molecule has 15 heavy (non-hydrogen) atoms. The van der Waals surface area contributed by atoms with Gasteiger partial charge in [0.15, 0.2) is 0 Å². The van der Waals surface area contributed by atoms with E-state index in [0.29, 0.717) is 5.57 Å². The summed E-state index contributed by atoms with van der Waals surface area (Å²) >= 11 is 3.60. The zero-order valence-electron chi connectivity index (χ0n) is 8.80. The lowest BCUT2D eigenvalue weighted by atomic mass is 9.99. The predicted octanol–water partition coefficient (Wildman–Crippen LogP) is 3.84. The molecule has 0 heterocycles. The third kappa shape index (κ3) is 3.68. The number of alkyl halides is 1. The number of hydrogen-bond donors (Lipinski definition) is 0. The molecule has 0 aromatic carbocycles. The fourth-order valence-corrected chi connectivity index (χ4v) is 2.73. The molecule has 1 rings (SSSR count). The van der Waals surface area contributed by atoms with E-state index in [1.165, 1.54) is 25.7 Å². The quantitative estimate of drug-likeness (QED) is 0.494. The normalized spacial score (nSPS) is 22.9. The molecule has 2 nitrogen and oxygen atoms in total. The summed E-state index contributed by atoms with van der Waals surface area (Å²) < 4.78 is 0. The van der Waals surface area contributed by atoms with Gasteiger partial charge in [-0.3, -0.25) is 0 Å². The fourth-order valence-electron chi connectivity index (χ4n) is 1.95. The van der Waals surface area contributed by atoms with Crippen LogP contribution in [0.4, 0.5) is 0 Å². The van der Waals surface area contributed by atoms with Crippen molar-refractivity contribution >= 4 is 15.9 Å². The molecule has 0 amide bonds. The number of hydrogen-bond acceptors (Lipinski definition) is 2. The maximum atomic E-state index is 8.88. The second-order valence-electron chi connectivity index (χ2n) is 3.90. The summed E-state index contributed by atoms with van der Waals surface area (Å²) in [6.07, 6.45) is 7.99. The van der Waals surface area contributed by atoms with Crippen molar-refractivity contribution in [2.24, 2.45) is 0 Å². The molecule has 1 atom stereocenters. The Morgan fingerprint density at radius 3 is 2.33 bits per heavy atom. The van der Waals surface area contributed by atoms with Crippen molar-refractivity contribution in [1.29, 1.82) is 10.5 Å². The predicted molar refractivity (Wildman–Crippen MR) is 63.3 cm³/mol. The molecule has 1 saturated carbocycles. The molecule has 0 aliphatic heterocycles. The van der Waals surface area contributed by atoms with Crippen molar-refractivity contribution in [2.75, 3.05) is 0 Å². The van der Waals surface area contributed by atoms with E-state index in [-0.39, 0.29) is 4.83 Å². The summed E-state index contributed by atoms with van der Waals surface area (Å²) in [5, 5.41) is 17.8. The van der Waals surface area contributed by atoms with Crippen molar-refractivity contribution in [3.63, 3.8) is 0 Å². The van der Waals surface area contributed by atoms with Gasteiger partial charge in [0.25, 0.3) is 0 Å². The van der Waals surface area contributed by atoms with E-state index < -0.39 is 0 Å². The number of allylic oxidation sites excluding steroid dienone is 2. The second-order valence-corrected chi connectivity index (χ2v) is 5.00. The first-order valence-electron chi connectivity index (χ1n) is 5.47. The van der Waals surface area contributed by atoms with E-state index in [1.807, 2.05) is 12.1 Å². The lowest BCUT2D eigenvalue weighted by molar-refractivity contribution is 0.627. The van der Waals surface area contributed by atoms with Gasteiger partial charge in [-0.1, -0.05) is 41.6 Å².